The van der Waals surface area contributed by atoms with Gasteiger partial charge >= 0.3 is 0 Å². The Labute approximate surface area is 122 Å². The van der Waals surface area contributed by atoms with E-state index in [0.717, 1.165) is 44.7 Å². The van der Waals surface area contributed by atoms with Crippen LogP contribution in [0.1, 0.15) is 33.1 Å². The van der Waals surface area contributed by atoms with Gasteiger partial charge in [0.05, 0.1) is 0 Å². The Morgan fingerprint density at radius 3 is 2.70 bits per heavy atom. The monoisotopic (exact) mass is 277 g/mol. The molecule has 1 aliphatic rings. The van der Waals surface area contributed by atoms with E-state index in [4.69, 9.17) is 5.11 Å². The number of nitrogens with zero attached hydrogens (tertiary/aromatic N) is 2. The Morgan fingerprint density at radius 1 is 1.35 bits per heavy atom. The van der Waals surface area contributed by atoms with Crippen LogP contribution in [0.5, 0.6) is 0 Å². The number of anilines is 1. The molecular formula is C16H27N3O. The molecular weight excluding hydrogens is 250 g/mol. The van der Waals surface area contributed by atoms with Crippen LogP contribution in [0.15, 0.2) is 24.4 Å². The molecule has 1 fully saturated rings. The van der Waals surface area contributed by atoms with Crippen molar-refractivity contribution in [3.63, 3.8) is 0 Å². The number of aliphatic hydroxyl groups is 1. The van der Waals surface area contributed by atoms with E-state index in [0.29, 0.717) is 6.04 Å². The molecule has 4 nitrogen and oxygen atoms in total. The lowest BCUT2D eigenvalue weighted by molar-refractivity contribution is 0.200. The predicted molar refractivity (Wildman–Crippen MR) is 83.0 cm³/mol. The van der Waals surface area contributed by atoms with E-state index in [2.05, 4.69) is 35.1 Å². The van der Waals surface area contributed by atoms with Crippen LogP contribution in [0.2, 0.25) is 0 Å². The molecule has 1 aliphatic heterocycles. The molecule has 0 unspecified atom stereocenters. The van der Waals surface area contributed by atoms with Gasteiger partial charge in [0, 0.05) is 38.5 Å². The van der Waals surface area contributed by atoms with E-state index in [1.54, 1.807) is 0 Å². The van der Waals surface area contributed by atoms with Crippen LogP contribution in [-0.4, -0.2) is 42.4 Å². The summed E-state index contributed by atoms with van der Waals surface area (Å²) in [4.78, 5) is 6.77. The number of hydrogen-bond donors (Lipinski definition) is 2. The molecule has 0 aliphatic carbocycles. The van der Waals surface area contributed by atoms with Crippen LogP contribution in [-0.2, 0) is 0 Å². The van der Waals surface area contributed by atoms with Gasteiger partial charge in [-0.05, 0) is 36.8 Å². The average Bonchev–Trinajstić information content (AvgIpc) is 2.47. The molecule has 0 spiro atoms. The van der Waals surface area contributed by atoms with Crippen LogP contribution < -0.4 is 10.2 Å². The van der Waals surface area contributed by atoms with Gasteiger partial charge in [0.25, 0.3) is 0 Å². The second-order valence-electron chi connectivity index (χ2n) is 6.47. The lowest BCUT2D eigenvalue weighted by atomic mass is 9.89. The highest BCUT2D eigenvalue weighted by molar-refractivity contribution is 5.38. The summed E-state index contributed by atoms with van der Waals surface area (Å²) in [5.41, 5.74) is 0.173. The molecule has 1 saturated heterocycles. The quantitative estimate of drug-likeness (QED) is 0.835. The number of aromatic nitrogens is 1. The Kier molecular flexibility index (Phi) is 5.38. The van der Waals surface area contributed by atoms with Crippen molar-refractivity contribution in [2.24, 2.45) is 5.41 Å². The summed E-state index contributed by atoms with van der Waals surface area (Å²) < 4.78 is 0. The van der Waals surface area contributed by atoms with Gasteiger partial charge < -0.3 is 15.3 Å². The summed E-state index contributed by atoms with van der Waals surface area (Å²) >= 11 is 0. The summed E-state index contributed by atoms with van der Waals surface area (Å²) in [5, 5.41) is 12.7. The molecule has 2 N–H and O–H groups in total. The number of nitrogens with one attached hydrogen (secondary N) is 1. The zero-order chi connectivity index (χ0) is 14.4. The fourth-order valence-electron chi connectivity index (χ4n) is 2.67. The van der Waals surface area contributed by atoms with E-state index in [1.807, 2.05) is 18.3 Å². The van der Waals surface area contributed by atoms with Crippen LogP contribution in [0, 0.1) is 5.41 Å². The highest BCUT2D eigenvalue weighted by atomic mass is 16.3. The van der Waals surface area contributed by atoms with Crippen LogP contribution >= 0.6 is 0 Å². The van der Waals surface area contributed by atoms with Gasteiger partial charge in [0.1, 0.15) is 5.82 Å². The lowest BCUT2D eigenvalue weighted by Crippen LogP contribution is -2.45. The second-order valence-corrected chi connectivity index (χ2v) is 6.47. The van der Waals surface area contributed by atoms with Crippen LogP contribution in [0.25, 0.3) is 0 Å². The van der Waals surface area contributed by atoms with Crippen molar-refractivity contribution in [2.45, 2.75) is 39.2 Å². The topological polar surface area (TPSA) is 48.4 Å². The number of aliphatic hydroxyl groups excluding tert-OH is 1. The van der Waals surface area contributed by atoms with Crippen molar-refractivity contribution in [3.05, 3.63) is 24.4 Å². The SMILES string of the molecule is CC(C)(CCO)CNC1CCN(c2ccccn2)CC1. The number of pyridine rings is 1. The van der Waals surface area contributed by atoms with Crippen molar-refractivity contribution < 1.29 is 5.11 Å². The van der Waals surface area contributed by atoms with Crippen LogP contribution in [0.3, 0.4) is 0 Å². The van der Waals surface area contributed by atoms with Crippen molar-refractivity contribution in [1.82, 2.24) is 10.3 Å². The Hall–Kier alpha value is -1.13. The molecule has 0 atom stereocenters. The summed E-state index contributed by atoms with van der Waals surface area (Å²) in [5.74, 6) is 1.09. The molecule has 0 aromatic carbocycles. The van der Waals surface area contributed by atoms with Gasteiger partial charge in [-0.25, -0.2) is 4.98 Å². The Bertz CT molecular complexity index is 386. The fraction of sp³-hybridized carbons (Fsp3) is 0.688. The number of rotatable bonds is 6. The molecule has 0 saturated carbocycles. The van der Waals surface area contributed by atoms with E-state index in [9.17, 15) is 0 Å². The molecule has 1 aromatic heterocycles. The van der Waals surface area contributed by atoms with Gasteiger partial charge in [0.15, 0.2) is 0 Å². The van der Waals surface area contributed by atoms with Gasteiger partial charge in [-0.1, -0.05) is 19.9 Å². The normalized spacial score (nSPS) is 17.4. The zero-order valence-corrected chi connectivity index (χ0v) is 12.7. The third kappa shape index (κ3) is 4.46. The smallest absolute Gasteiger partial charge is 0.128 e. The van der Waals surface area contributed by atoms with Crippen molar-refractivity contribution in [1.29, 1.82) is 0 Å². The first-order valence-corrected chi connectivity index (χ1v) is 7.61. The minimum atomic E-state index is 0.173. The summed E-state index contributed by atoms with van der Waals surface area (Å²) in [6.45, 7) is 7.79. The van der Waals surface area contributed by atoms with Gasteiger partial charge in [-0.2, -0.15) is 0 Å². The molecule has 20 heavy (non-hydrogen) atoms. The number of hydrogen-bond acceptors (Lipinski definition) is 4. The molecule has 2 rings (SSSR count). The zero-order valence-electron chi connectivity index (χ0n) is 12.7. The third-order valence-corrected chi connectivity index (χ3v) is 4.13. The minimum Gasteiger partial charge on any atom is -0.396 e. The first kappa shape index (κ1) is 15.3. The van der Waals surface area contributed by atoms with Crippen LogP contribution in [0.4, 0.5) is 5.82 Å². The van der Waals surface area contributed by atoms with E-state index in [-0.39, 0.29) is 12.0 Å². The van der Waals surface area contributed by atoms with E-state index in [1.165, 1.54) is 0 Å². The number of piperidine rings is 1. The fourth-order valence-corrected chi connectivity index (χ4v) is 2.67. The third-order valence-electron chi connectivity index (χ3n) is 4.13. The highest BCUT2D eigenvalue weighted by Gasteiger charge is 2.23. The second kappa shape index (κ2) is 7.04. The summed E-state index contributed by atoms with van der Waals surface area (Å²) in [7, 11) is 0. The first-order valence-electron chi connectivity index (χ1n) is 7.61. The molecule has 112 valence electrons. The standard InChI is InChI=1S/C16H27N3O/c1-16(2,8-12-20)13-18-14-6-10-19(11-7-14)15-5-3-4-9-17-15/h3-5,9,14,18,20H,6-8,10-13H2,1-2H3. The van der Waals surface area contributed by atoms with Crippen molar-refractivity contribution in [3.8, 4) is 0 Å². The summed E-state index contributed by atoms with van der Waals surface area (Å²) in [6, 6.07) is 6.68. The molecule has 0 amide bonds. The first-order chi connectivity index (χ1) is 9.61. The molecule has 0 bridgehead atoms. The Balaban J connectivity index is 1.75. The molecule has 1 aromatic rings. The lowest BCUT2D eigenvalue weighted by Gasteiger charge is -2.35. The summed E-state index contributed by atoms with van der Waals surface area (Å²) in [6.07, 6.45) is 5.03. The molecule has 2 heterocycles. The van der Waals surface area contributed by atoms with Gasteiger partial charge in [-0.3, -0.25) is 0 Å². The average molecular weight is 277 g/mol. The van der Waals surface area contributed by atoms with E-state index >= 15 is 0 Å². The van der Waals surface area contributed by atoms with Crippen molar-refractivity contribution >= 4 is 5.82 Å². The molecule has 4 heteroatoms. The molecule has 0 radical (unpaired) electrons. The Morgan fingerprint density at radius 2 is 2.10 bits per heavy atom. The van der Waals surface area contributed by atoms with Gasteiger partial charge in [-0.15, -0.1) is 0 Å². The van der Waals surface area contributed by atoms with Gasteiger partial charge in [0.2, 0.25) is 0 Å². The maximum absolute atomic E-state index is 9.06. The van der Waals surface area contributed by atoms with Crippen molar-refractivity contribution in [2.75, 3.05) is 31.1 Å². The largest absolute Gasteiger partial charge is 0.396 e. The minimum absolute atomic E-state index is 0.173. The maximum atomic E-state index is 9.06. The maximum Gasteiger partial charge on any atom is 0.128 e. The highest BCUT2D eigenvalue weighted by Crippen LogP contribution is 2.21. The predicted octanol–water partition coefficient (Wildman–Crippen LogP) is 2.05. The van der Waals surface area contributed by atoms with E-state index < -0.39 is 0 Å².